The third-order valence-corrected chi connectivity index (χ3v) is 9.63. The zero-order valence-electron chi connectivity index (χ0n) is 38.6. The topological polar surface area (TPSA) is 229 Å². The zero-order chi connectivity index (χ0) is 56.2. The number of rotatable bonds is 10. The van der Waals surface area contributed by atoms with Gasteiger partial charge in [-0.2, -0.15) is 45.4 Å². The number of anilines is 4. The van der Waals surface area contributed by atoms with Crippen LogP contribution >= 0.6 is 34.8 Å². The maximum Gasteiger partial charge on any atom is 0.490 e. The first kappa shape index (κ1) is 64.4. The molecule has 74 heavy (non-hydrogen) atoms. The van der Waals surface area contributed by atoms with Gasteiger partial charge in [0.1, 0.15) is 23.6 Å². The molecule has 0 aliphatic carbocycles. The Morgan fingerprint density at radius 1 is 0.716 bits per heavy atom. The highest BCUT2D eigenvalue weighted by Gasteiger charge is 2.39. The Bertz CT molecular complexity index is 2200. The van der Waals surface area contributed by atoms with Gasteiger partial charge in [0.2, 0.25) is 0 Å². The molecule has 4 saturated heterocycles. The number of hydrogen-bond donors (Lipinski definition) is 4. The summed E-state index contributed by atoms with van der Waals surface area (Å²) >= 11 is 14.4. The molecule has 416 valence electrons. The van der Waals surface area contributed by atoms with Crippen LogP contribution in [0.15, 0.2) is 24.3 Å². The number of nitrogens with one attached hydrogen (secondary N) is 3. The van der Waals surface area contributed by atoms with E-state index in [0.717, 1.165) is 34.1 Å². The van der Waals surface area contributed by atoms with Crippen LogP contribution in [0.25, 0.3) is 0 Å². The van der Waals surface area contributed by atoms with Crippen molar-refractivity contribution in [1.82, 2.24) is 21.2 Å². The molecule has 0 bridgehead atoms. The monoisotopic (exact) mass is 1140 g/mol. The van der Waals surface area contributed by atoms with Crippen LogP contribution in [0, 0.1) is 23.3 Å². The van der Waals surface area contributed by atoms with E-state index < -0.39 is 88.8 Å². The minimum Gasteiger partial charge on any atom is -0.475 e. The molecule has 0 radical (unpaired) electrons. The van der Waals surface area contributed by atoms with Gasteiger partial charge in [-0.05, 0) is 20.8 Å². The first-order valence-electron chi connectivity index (χ1n) is 21.0. The van der Waals surface area contributed by atoms with Crippen LogP contribution in [-0.4, -0.2) is 166 Å². The highest BCUT2D eigenvalue weighted by Crippen LogP contribution is 2.33. The number of carboxylic acid groups (broad SMARTS) is 1. The third kappa shape index (κ3) is 20.9. The molecule has 2 aromatic carbocycles. The molecule has 4 amide bonds. The lowest BCUT2D eigenvalue weighted by molar-refractivity contribution is -0.199. The number of amides is 4. The molecule has 0 aromatic heterocycles. The van der Waals surface area contributed by atoms with E-state index >= 15 is 0 Å². The van der Waals surface area contributed by atoms with Gasteiger partial charge in [0, 0.05) is 69.1 Å². The third-order valence-electron chi connectivity index (χ3n) is 9.63. The molecule has 4 aliphatic heterocycles. The molecular weight excluding hydrogens is 1100 g/mol. The molecular formula is C40H46Cl3F11N8O12. The normalized spacial score (nSPS) is 18.2. The molecule has 4 N–H and O–H groups in total. The molecule has 2 atom stereocenters. The molecule has 6 rings (SSSR count). The van der Waals surface area contributed by atoms with Gasteiger partial charge in [-0.3, -0.25) is 29.1 Å². The van der Waals surface area contributed by atoms with Gasteiger partial charge in [0.05, 0.1) is 50.8 Å². The van der Waals surface area contributed by atoms with E-state index in [4.69, 9.17) is 73.4 Å². The summed E-state index contributed by atoms with van der Waals surface area (Å²) in [6.45, 7) is 7.46. The Morgan fingerprint density at radius 2 is 1.08 bits per heavy atom. The Kier molecular flexibility index (Phi) is 26.1. The van der Waals surface area contributed by atoms with E-state index in [-0.39, 0.29) is 86.9 Å². The SMILES string of the molecule is CC(C)(C)N1CCN(c2c(F)cc(N3C[C@H](CNC(=O)C(F)F)OC3=O)cc2F)CCO1.ClC(Cl)Cl.O=C(NC[C@H]1CN(c2cc(F)c(N3CCNOCC3)c(F)c2)C(=O)O1)C(F)F.O=C(O)C(F)(F)F.O=C=O. The number of carboxylic acids is 1. The lowest BCUT2D eigenvalue weighted by Gasteiger charge is -2.33. The molecule has 0 unspecified atom stereocenters. The first-order chi connectivity index (χ1) is 34.4. The van der Waals surface area contributed by atoms with E-state index in [1.54, 1.807) is 9.96 Å². The van der Waals surface area contributed by atoms with Crippen LogP contribution in [0.3, 0.4) is 0 Å². The van der Waals surface area contributed by atoms with Crippen LogP contribution in [0.1, 0.15) is 20.8 Å². The lowest BCUT2D eigenvalue weighted by Crippen LogP contribution is -2.42. The number of halogens is 14. The number of hydroxylamine groups is 3. The van der Waals surface area contributed by atoms with Gasteiger partial charge >= 0.3 is 43.3 Å². The number of nitrogens with zero attached hydrogens (tertiary/aromatic N) is 5. The summed E-state index contributed by atoms with van der Waals surface area (Å²) in [4.78, 5) is 86.8. The van der Waals surface area contributed by atoms with Crippen molar-refractivity contribution in [3.05, 3.63) is 47.5 Å². The minimum absolute atomic E-state index is 0.0705. The van der Waals surface area contributed by atoms with Crippen molar-refractivity contribution >= 4 is 93.7 Å². The summed E-state index contributed by atoms with van der Waals surface area (Å²) in [6, 6.07) is 4.04. The fourth-order valence-corrected chi connectivity index (χ4v) is 6.50. The summed E-state index contributed by atoms with van der Waals surface area (Å²) in [5, 5.41) is 12.8. The molecule has 4 heterocycles. The largest absolute Gasteiger partial charge is 0.490 e. The van der Waals surface area contributed by atoms with Crippen molar-refractivity contribution in [3.8, 4) is 0 Å². The van der Waals surface area contributed by atoms with Gasteiger partial charge in [-0.1, -0.05) is 34.8 Å². The number of aliphatic carboxylic acids is 1. The van der Waals surface area contributed by atoms with E-state index in [9.17, 15) is 67.5 Å². The number of carbonyl (C=O) groups excluding carboxylic acids is 6. The van der Waals surface area contributed by atoms with Crippen LogP contribution in [-0.2, 0) is 43.1 Å². The summed E-state index contributed by atoms with van der Waals surface area (Å²) in [7, 11) is 0. The summed E-state index contributed by atoms with van der Waals surface area (Å²) in [6.07, 6.45) is -14.9. The molecule has 0 saturated carbocycles. The number of benzene rings is 2. The highest BCUT2D eigenvalue weighted by molar-refractivity contribution is 6.63. The second-order valence-corrected chi connectivity index (χ2v) is 17.8. The highest BCUT2D eigenvalue weighted by atomic mass is 35.6. The van der Waals surface area contributed by atoms with E-state index in [1.807, 2.05) is 31.4 Å². The van der Waals surface area contributed by atoms with E-state index in [1.165, 1.54) is 4.90 Å². The smallest absolute Gasteiger partial charge is 0.475 e. The Morgan fingerprint density at radius 3 is 1.43 bits per heavy atom. The van der Waals surface area contributed by atoms with Crippen LogP contribution in [0.4, 0.5) is 80.6 Å². The fourth-order valence-electron chi connectivity index (χ4n) is 6.50. The quantitative estimate of drug-likeness (QED) is 0.168. The second kappa shape index (κ2) is 30.0. The Balaban J connectivity index is 0.000000406. The number of ether oxygens (including phenoxy) is 2. The van der Waals surface area contributed by atoms with Crippen molar-refractivity contribution in [2.45, 2.75) is 61.8 Å². The first-order valence-corrected chi connectivity index (χ1v) is 22.3. The molecule has 4 aliphatic rings. The van der Waals surface area contributed by atoms with E-state index in [0.29, 0.717) is 26.2 Å². The molecule has 4 fully saturated rings. The molecule has 34 heteroatoms. The predicted octanol–water partition coefficient (Wildman–Crippen LogP) is 5.57. The minimum atomic E-state index is -5.08. The summed E-state index contributed by atoms with van der Waals surface area (Å²) in [5.41, 5.74) is 1.78. The number of cyclic esters (lactones) is 2. The molecule has 20 nitrogen and oxygen atoms in total. The Labute approximate surface area is 427 Å². The predicted molar refractivity (Wildman–Crippen MR) is 237 cm³/mol. The molecule has 0 spiro atoms. The lowest BCUT2D eigenvalue weighted by atomic mass is 10.1. The van der Waals surface area contributed by atoms with Gasteiger partial charge in [0.15, 0.2) is 27.6 Å². The van der Waals surface area contributed by atoms with Crippen LogP contribution in [0.5, 0.6) is 0 Å². The van der Waals surface area contributed by atoms with Gasteiger partial charge < -0.3 is 35.0 Å². The van der Waals surface area contributed by atoms with Crippen molar-refractivity contribution in [3.63, 3.8) is 0 Å². The molecule has 2 aromatic rings. The summed E-state index contributed by atoms with van der Waals surface area (Å²) in [5.74, 6) is -9.18. The number of hydrogen-bond acceptors (Lipinski definition) is 15. The fraction of sp³-hybridized carbons (Fsp3) is 0.550. The summed E-state index contributed by atoms with van der Waals surface area (Å²) < 4.78 is 149. The average Bonchev–Trinajstić information content (AvgIpc) is 3.58. The Hall–Kier alpha value is -5.69. The number of carbonyl (C=O) groups is 5. The second-order valence-electron chi connectivity index (χ2n) is 15.8. The number of alkyl halides is 10. The van der Waals surface area contributed by atoms with Crippen LogP contribution in [0.2, 0.25) is 0 Å². The van der Waals surface area contributed by atoms with Crippen LogP contribution < -0.4 is 35.7 Å². The van der Waals surface area contributed by atoms with Crippen molar-refractivity contribution in [2.24, 2.45) is 0 Å². The van der Waals surface area contributed by atoms with Gasteiger partial charge in [-0.15, -0.1) is 0 Å². The van der Waals surface area contributed by atoms with E-state index in [2.05, 4.69) is 5.48 Å². The van der Waals surface area contributed by atoms with Gasteiger partial charge in [-0.25, -0.2) is 37.4 Å². The van der Waals surface area contributed by atoms with Crippen molar-refractivity contribution < 1.29 is 106 Å². The van der Waals surface area contributed by atoms with Crippen molar-refractivity contribution in [1.29, 1.82) is 0 Å². The van der Waals surface area contributed by atoms with Crippen molar-refractivity contribution in [2.75, 3.05) is 98.3 Å². The zero-order valence-corrected chi connectivity index (χ0v) is 40.9. The standard InChI is InChI=1S/C20H26F4N4O4.C16H18F4N4O4.C2HF3O2.CHCl3.CO2/c1-20(2,3)28-5-4-26(6-7-31-28)16-14(21)8-12(9-15(16)22)27-11-13(32-19(27)30)10-25-18(29)17(23)24;17-11-5-9(6-12(18)13(11)23-2-1-22-27-4-3-23)24-8-10(28-16(24)26)7-21-15(25)14(19)20;3-2(4,5)1(6)7;2-1(3)4;2-1-3/h8-9,13,17H,4-7,10-11H2,1-3H3,(H,25,29);5-6,10,14,22H,1-4,7-8H2,(H,21,25);(H,6,7);1H;/t13-;10-;;;/m00.../s1. The maximum atomic E-state index is 14.9. The maximum absolute atomic E-state index is 14.9. The van der Waals surface area contributed by atoms with Gasteiger partial charge in [0.25, 0.3) is 11.8 Å². The average molecular weight is 1150 g/mol.